The summed E-state index contributed by atoms with van der Waals surface area (Å²) in [5, 5.41) is 0. The Morgan fingerprint density at radius 3 is 2.24 bits per heavy atom. The molecule has 0 radical (unpaired) electrons. The predicted octanol–water partition coefficient (Wildman–Crippen LogP) is 1.36. The van der Waals surface area contributed by atoms with E-state index in [0.29, 0.717) is 5.75 Å². The van der Waals surface area contributed by atoms with Crippen LogP contribution >= 0.6 is 7.60 Å². The highest BCUT2D eigenvalue weighted by molar-refractivity contribution is 7.55. The first-order valence-electron chi connectivity index (χ1n) is 4.77. The second-order valence-corrected chi connectivity index (χ2v) is 5.45. The Morgan fingerprint density at radius 2 is 1.76 bits per heavy atom. The van der Waals surface area contributed by atoms with Crippen molar-refractivity contribution in [2.45, 2.75) is 5.78 Å². The summed E-state index contributed by atoms with van der Waals surface area (Å²) in [5.41, 5.74) is 5.48. The zero-order chi connectivity index (χ0) is 12.9. The first-order chi connectivity index (χ1) is 8.03. The van der Waals surface area contributed by atoms with Gasteiger partial charge in [0, 0.05) is 14.2 Å². The van der Waals surface area contributed by atoms with E-state index in [1.807, 2.05) is 0 Å². The summed E-state index contributed by atoms with van der Waals surface area (Å²) in [4.78, 5) is 11.6. The highest BCUT2D eigenvalue weighted by Gasteiger charge is 2.38. The molecule has 1 rings (SSSR count). The average molecular weight is 259 g/mol. The van der Waals surface area contributed by atoms with E-state index < -0.39 is 19.3 Å². The Kier molecular flexibility index (Phi) is 4.84. The number of hydrogen-bond acceptors (Lipinski definition) is 6. The van der Waals surface area contributed by atoms with Gasteiger partial charge in [0.05, 0.1) is 0 Å². The van der Waals surface area contributed by atoms with Gasteiger partial charge in [0.2, 0.25) is 5.78 Å². The molecule has 2 N–H and O–H groups in total. The van der Waals surface area contributed by atoms with Gasteiger partial charge in [0.1, 0.15) is 5.75 Å². The Hall–Kier alpha value is -1.20. The van der Waals surface area contributed by atoms with Gasteiger partial charge in [-0.3, -0.25) is 4.57 Å². The van der Waals surface area contributed by atoms with Crippen molar-refractivity contribution in [1.82, 2.24) is 0 Å². The largest absolute Gasteiger partial charge is 0.425 e. The molecule has 0 aromatic heterocycles. The molecule has 0 saturated carbocycles. The van der Waals surface area contributed by atoms with E-state index in [1.165, 1.54) is 0 Å². The topological polar surface area (TPSA) is 87.9 Å². The normalized spacial score (nSPS) is 13.1. The summed E-state index contributed by atoms with van der Waals surface area (Å²) in [7, 11) is -1.36. The number of esters is 1. The number of ether oxygens (including phenoxy) is 1. The van der Waals surface area contributed by atoms with Gasteiger partial charge >= 0.3 is 13.6 Å². The molecule has 6 nitrogen and oxygen atoms in total. The molecule has 17 heavy (non-hydrogen) atoms. The van der Waals surface area contributed by atoms with Crippen LogP contribution in [0.3, 0.4) is 0 Å². The van der Waals surface area contributed by atoms with Gasteiger partial charge in [0.25, 0.3) is 0 Å². The fourth-order valence-electron chi connectivity index (χ4n) is 1.10. The highest BCUT2D eigenvalue weighted by atomic mass is 31.2. The van der Waals surface area contributed by atoms with Crippen molar-refractivity contribution in [3.8, 4) is 5.75 Å². The van der Waals surface area contributed by atoms with Crippen LogP contribution in [0.2, 0.25) is 0 Å². The maximum absolute atomic E-state index is 11.8. The molecule has 7 heteroatoms. The van der Waals surface area contributed by atoms with Gasteiger partial charge in [-0.2, -0.15) is 0 Å². The average Bonchev–Trinajstić information content (AvgIpc) is 2.38. The van der Waals surface area contributed by atoms with Gasteiger partial charge in [-0.15, -0.1) is 0 Å². The third-order valence-corrected chi connectivity index (χ3v) is 3.96. The highest BCUT2D eigenvalue weighted by Crippen LogP contribution is 2.49. The Labute approximate surface area is 99.2 Å². The minimum atomic E-state index is -3.66. The lowest BCUT2D eigenvalue weighted by atomic mass is 10.3. The molecular formula is C10H14NO5P. The van der Waals surface area contributed by atoms with Gasteiger partial charge < -0.3 is 19.5 Å². The quantitative estimate of drug-likeness (QED) is 0.488. The lowest BCUT2D eigenvalue weighted by Crippen LogP contribution is -2.35. The molecule has 0 aliphatic heterocycles. The Morgan fingerprint density at radius 1 is 1.24 bits per heavy atom. The van der Waals surface area contributed by atoms with Crippen LogP contribution in [-0.4, -0.2) is 26.0 Å². The summed E-state index contributed by atoms with van der Waals surface area (Å²) < 4.78 is 26.0. The smallest absolute Gasteiger partial charge is 0.358 e. The van der Waals surface area contributed by atoms with Gasteiger partial charge in [0.15, 0.2) is 0 Å². The summed E-state index contributed by atoms with van der Waals surface area (Å²) in [6.07, 6.45) is 0. The first kappa shape index (κ1) is 13.9. The maximum atomic E-state index is 11.8. The van der Waals surface area contributed by atoms with Gasteiger partial charge in [-0.1, -0.05) is 18.2 Å². The van der Waals surface area contributed by atoms with Crippen LogP contribution in [-0.2, 0) is 18.4 Å². The van der Waals surface area contributed by atoms with Gasteiger partial charge in [-0.25, -0.2) is 4.79 Å². The van der Waals surface area contributed by atoms with Crippen LogP contribution in [0.4, 0.5) is 0 Å². The van der Waals surface area contributed by atoms with E-state index in [0.717, 1.165) is 14.2 Å². The van der Waals surface area contributed by atoms with Crippen LogP contribution < -0.4 is 10.5 Å². The van der Waals surface area contributed by atoms with Gasteiger partial charge in [-0.05, 0) is 12.1 Å². The van der Waals surface area contributed by atoms with E-state index in [9.17, 15) is 9.36 Å². The number of carbonyl (C=O) groups is 1. The Balaban J connectivity index is 2.75. The van der Waals surface area contributed by atoms with Crippen molar-refractivity contribution >= 4 is 13.6 Å². The van der Waals surface area contributed by atoms with Crippen molar-refractivity contribution in [1.29, 1.82) is 0 Å². The van der Waals surface area contributed by atoms with Crippen molar-refractivity contribution < 1.29 is 23.1 Å². The molecule has 0 fully saturated rings. The molecule has 94 valence electrons. The second kappa shape index (κ2) is 5.93. The zero-order valence-corrected chi connectivity index (χ0v) is 10.4. The molecule has 1 aromatic carbocycles. The van der Waals surface area contributed by atoms with E-state index in [4.69, 9.17) is 10.5 Å². The SMILES string of the molecule is COP(=O)(OC)C(N)C(=O)Oc1ccccc1. The molecule has 1 unspecified atom stereocenters. The fourth-order valence-corrected chi connectivity index (χ4v) is 2.01. The summed E-state index contributed by atoms with van der Waals surface area (Å²) in [6, 6.07) is 8.32. The lowest BCUT2D eigenvalue weighted by molar-refractivity contribution is -0.134. The number of hydrogen-bond donors (Lipinski definition) is 1. The molecule has 0 saturated heterocycles. The van der Waals surface area contributed by atoms with Crippen LogP contribution in [0.5, 0.6) is 5.75 Å². The molecule has 1 atom stereocenters. The van der Waals surface area contributed by atoms with Crippen molar-refractivity contribution in [2.75, 3.05) is 14.2 Å². The number of nitrogens with two attached hydrogens (primary N) is 1. The number of para-hydroxylation sites is 1. The fraction of sp³-hybridized carbons (Fsp3) is 0.300. The van der Waals surface area contributed by atoms with Crippen molar-refractivity contribution in [3.63, 3.8) is 0 Å². The number of benzene rings is 1. The summed E-state index contributed by atoms with van der Waals surface area (Å²) in [5.74, 6) is -2.03. The van der Waals surface area contributed by atoms with Crippen molar-refractivity contribution in [2.24, 2.45) is 5.73 Å². The predicted molar refractivity (Wildman–Crippen MR) is 61.7 cm³/mol. The minimum absolute atomic E-state index is 0.312. The summed E-state index contributed by atoms with van der Waals surface area (Å²) in [6.45, 7) is 0. The first-order valence-corrected chi connectivity index (χ1v) is 6.38. The standard InChI is InChI=1S/C10H14NO5P/c1-14-17(13,15-2)9(11)10(12)16-8-6-4-3-5-7-8/h3-7,9H,11H2,1-2H3. The molecule has 0 aliphatic rings. The minimum Gasteiger partial charge on any atom is -0.425 e. The van der Waals surface area contributed by atoms with Crippen LogP contribution in [0.15, 0.2) is 30.3 Å². The van der Waals surface area contributed by atoms with Crippen LogP contribution in [0, 0.1) is 0 Å². The monoisotopic (exact) mass is 259 g/mol. The molecule has 0 aliphatic carbocycles. The molecule has 1 aromatic rings. The van der Waals surface area contributed by atoms with E-state index in [2.05, 4.69) is 9.05 Å². The van der Waals surface area contributed by atoms with E-state index in [1.54, 1.807) is 30.3 Å². The molecular weight excluding hydrogens is 245 g/mol. The summed E-state index contributed by atoms with van der Waals surface area (Å²) >= 11 is 0. The molecule has 0 amide bonds. The van der Waals surface area contributed by atoms with Crippen LogP contribution in [0.25, 0.3) is 0 Å². The Bertz CT molecular complexity index is 414. The third-order valence-electron chi connectivity index (χ3n) is 2.05. The zero-order valence-electron chi connectivity index (χ0n) is 9.53. The van der Waals surface area contributed by atoms with E-state index in [-0.39, 0.29) is 0 Å². The van der Waals surface area contributed by atoms with Crippen LogP contribution in [0.1, 0.15) is 0 Å². The third kappa shape index (κ3) is 3.38. The molecule has 0 bridgehead atoms. The molecule has 0 heterocycles. The van der Waals surface area contributed by atoms with E-state index >= 15 is 0 Å². The maximum Gasteiger partial charge on any atom is 0.358 e. The number of carbonyl (C=O) groups excluding carboxylic acids is 1. The lowest BCUT2D eigenvalue weighted by Gasteiger charge is -2.19. The second-order valence-electron chi connectivity index (χ2n) is 3.08. The number of rotatable bonds is 5. The van der Waals surface area contributed by atoms with Crippen molar-refractivity contribution in [3.05, 3.63) is 30.3 Å². The molecule has 0 spiro atoms.